The number of amidine groups is 1. The van der Waals surface area contributed by atoms with Gasteiger partial charge in [0, 0.05) is 24.2 Å². The van der Waals surface area contributed by atoms with Gasteiger partial charge in [0.05, 0.1) is 7.11 Å². The number of Topliss-reactive ketones (excluding diaryl/α,β-unsaturated/α-hetero) is 1. The smallest absolute Gasteiger partial charge is 0.190 e. The summed E-state index contributed by atoms with van der Waals surface area (Å²) in [5.41, 5.74) is 2.60. The van der Waals surface area contributed by atoms with E-state index in [1.165, 1.54) is 0 Å². The highest BCUT2D eigenvalue weighted by molar-refractivity contribution is 8.93. The van der Waals surface area contributed by atoms with E-state index in [2.05, 4.69) is 4.90 Å². The fourth-order valence-electron chi connectivity index (χ4n) is 4.06. The second kappa shape index (κ2) is 11.6. The lowest BCUT2D eigenvalue weighted by molar-refractivity contribution is 0.0962. The first-order valence-electron chi connectivity index (χ1n) is 10.9. The summed E-state index contributed by atoms with van der Waals surface area (Å²) in [5.74, 6) is 1.83. The van der Waals surface area contributed by atoms with Crippen molar-refractivity contribution >= 4 is 34.3 Å². The van der Waals surface area contributed by atoms with Crippen molar-refractivity contribution in [2.24, 2.45) is 4.99 Å². The lowest BCUT2D eigenvalue weighted by atomic mass is 9.94. The minimum absolute atomic E-state index is 0. The number of ether oxygens (including phenoxy) is 1. The molecule has 3 aromatic carbocycles. The Morgan fingerprint density at radius 2 is 1.53 bits per heavy atom. The van der Waals surface area contributed by atoms with Gasteiger partial charge in [-0.1, -0.05) is 67.1 Å². The zero-order valence-electron chi connectivity index (χ0n) is 18.3. The van der Waals surface area contributed by atoms with Crippen LogP contribution in [-0.4, -0.2) is 25.3 Å². The molecule has 0 N–H and O–H groups in total. The van der Waals surface area contributed by atoms with Crippen molar-refractivity contribution in [3.8, 4) is 5.75 Å². The van der Waals surface area contributed by atoms with Crippen molar-refractivity contribution < 1.29 is 9.53 Å². The number of rotatable bonds is 6. The Morgan fingerprint density at radius 3 is 2.19 bits per heavy atom. The molecule has 0 amide bonds. The molecule has 0 saturated carbocycles. The van der Waals surface area contributed by atoms with E-state index >= 15 is 0 Å². The predicted molar refractivity (Wildman–Crippen MR) is 137 cm³/mol. The van der Waals surface area contributed by atoms with Crippen LogP contribution in [0.25, 0.3) is 0 Å². The molecule has 0 aliphatic carbocycles. The Kier molecular flexibility index (Phi) is 8.63. The van der Waals surface area contributed by atoms with Crippen molar-refractivity contribution in [1.82, 2.24) is 0 Å². The molecule has 32 heavy (non-hydrogen) atoms. The molecule has 1 aliphatic heterocycles. The monoisotopic (exact) mass is 492 g/mol. The summed E-state index contributed by atoms with van der Waals surface area (Å²) in [4.78, 5) is 20.9. The van der Waals surface area contributed by atoms with Crippen molar-refractivity contribution in [2.75, 3.05) is 18.6 Å². The average molecular weight is 493 g/mol. The number of anilines is 1. The van der Waals surface area contributed by atoms with Crippen LogP contribution in [0, 0.1) is 0 Å². The largest absolute Gasteiger partial charge is 0.497 e. The molecular weight excluding hydrogens is 464 g/mol. The third kappa shape index (κ3) is 5.46. The molecule has 4 rings (SSSR count). The summed E-state index contributed by atoms with van der Waals surface area (Å²) in [6.07, 6.45) is 4.18. The SMILES string of the molecule is Br.COc1ccc(N(C2=NCCCCC2)C(C(=O)c2ccccc2)c2ccccc2)cc1. The van der Waals surface area contributed by atoms with Gasteiger partial charge < -0.3 is 9.64 Å². The molecule has 1 atom stereocenters. The Morgan fingerprint density at radius 1 is 0.875 bits per heavy atom. The van der Waals surface area contributed by atoms with Crippen molar-refractivity contribution in [3.63, 3.8) is 0 Å². The Balaban J connectivity index is 0.00000289. The van der Waals surface area contributed by atoms with Crippen LogP contribution in [0.3, 0.4) is 0 Å². The lowest BCUT2D eigenvalue weighted by Crippen LogP contribution is -2.39. The van der Waals surface area contributed by atoms with Crippen LogP contribution in [0.15, 0.2) is 89.9 Å². The molecule has 0 fully saturated rings. The van der Waals surface area contributed by atoms with Gasteiger partial charge in [-0.3, -0.25) is 9.79 Å². The van der Waals surface area contributed by atoms with Crippen molar-refractivity contribution in [3.05, 3.63) is 96.1 Å². The van der Waals surface area contributed by atoms with E-state index in [-0.39, 0.29) is 22.8 Å². The Labute approximate surface area is 200 Å². The Bertz CT molecular complexity index is 1020. The van der Waals surface area contributed by atoms with Gasteiger partial charge in [0.15, 0.2) is 5.78 Å². The molecule has 3 aromatic rings. The first kappa shape index (κ1) is 23.7. The van der Waals surface area contributed by atoms with E-state index in [4.69, 9.17) is 9.73 Å². The van der Waals surface area contributed by atoms with E-state index < -0.39 is 6.04 Å². The number of aliphatic imine (C=N–C) groups is 1. The van der Waals surface area contributed by atoms with E-state index in [1.54, 1.807) is 7.11 Å². The molecule has 1 heterocycles. The fourth-order valence-corrected chi connectivity index (χ4v) is 4.06. The molecule has 0 bridgehead atoms. The number of nitrogens with zero attached hydrogens (tertiary/aromatic N) is 2. The van der Waals surface area contributed by atoms with Gasteiger partial charge in [-0.25, -0.2) is 0 Å². The fraction of sp³-hybridized carbons (Fsp3) is 0.259. The third-order valence-corrected chi connectivity index (χ3v) is 5.66. The minimum atomic E-state index is -0.492. The summed E-state index contributed by atoms with van der Waals surface area (Å²) in [6, 6.07) is 27.0. The highest BCUT2D eigenvalue weighted by atomic mass is 79.9. The van der Waals surface area contributed by atoms with Crippen molar-refractivity contribution in [1.29, 1.82) is 0 Å². The lowest BCUT2D eigenvalue weighted by Gasteiger charge is -2.34. The topological polar surface area (TPSA) is 41.9 Å². The van der Waals surface area contributed by atoms with Crippen LogP contribution < -0.4 is 9.64 Å². The maximum atomic E-state index is 13.9. The summed E-state index contributed by atoms with van der Waals surface area (Å²) in [7, 11) is 1.66. The molecule has 0 radical (unpaired) electrons. The quantitative estimate of drug-likeness (QED) is 0.360. The molecule has 1 aliphatic rings. The van der Waals surface area contributed by atoms with Crippen LogP contribution in [-0.2, 0) is 0 Å². The highest BCUT2D eigenvalue weighted by Gasteiger charge is 2.32. The first-order chi connectivity index (χ1) is 15.3. The molecular formula is C27H29BrN2O2. The molecule has 5 heteroatoms. The maximum Gasteiger partial charge on any atom is 0.190 e. The minimum Gasteiger partial charge on any atom is -0.497 e. The number of ketones is 1. The number of hydrogen-bond donors (Lipinski definition) is 0. The maximum absolute atomic E-state index is 13.9. The average Bonchev–Trinajstić information content (AvgIpc) is 3.13. The van der Waals surface area contributed by atoms with Gasteiger partial charge in [0.25, 0.3) is 0 Å². The zero-order chi connectivity index (χ0) is 21.5. The number of halogens is 1. The molecule has 0 aromatic heterocycles. The normalized spacial score (nSPS) is 14.3. The third-order valence-electron chi connectivity index (χ3n) is 5.66. The summed E-state index contributed by atoms with van der Waals surface area (Å²) < 4.78 is 5.36. The Hall–Kier alpha value is -2.92. The number of hydrogen-bond acceptors (Lipinski definition) is 4. The van der Waals surface area contributed by atoms with Gasteiger partial charge in [-0.2, -0.15) is 0 Å². The second-order valence-electron chi connectivity index (χ2n) is 7.72. The van der Waals surface area contributed by atoms with Crippen LogP contribution in [0.1, 0.15) is 47.6 Å². The number of carbonyl (C=O) groups is 1. The van der Waals surface area contributed by atoms with E-state index in [9.17, 15) is 4.79 Å². The van der Waals surface area contributed by atoms with Crippen LogP contribution in [0.4, 0.5) is 5.69 Å². The van der Waals surface area contributed by atoms with E-state index in [0.717, 1.165) is 55.1 Å². The number of benzene rings is 3. The summed E-state index contributed by atoms with van der Waals surface area (Å²) in [6.45, 7) is 0.795. The highest BCUT2D eigenvalue weighted by Crippen LogP contribution is 2.33. The first-order valence-corrected chi connectivity index (χ1v) is 10.9. The molecule has 0 saturated heterocycles. The van der Waals surface area contributed by atoms with E-state index in [0.29, 0.717) is 5.56 Å². The van der Waals surface area contributed by atoms with Crippen LogP contribution in [0.2, 0.25) is 0 Å². The van der Waals surface area contributed by atoms with Crippen LogP contribution >= 0.6 is 17.0 Å². The molecule has 0 spiro atoms. The van der Waals surface area contributed by atoms with Gasteiger partial charge in [0.2, 0.25) is 0 Å². The molecule has 1 unspecified atom stereocenters. The summed E-state index contributed by atoms with van der Waals surface area (Å²) >= 11 is 0. The second-order valence-corrected chi connectivity index (χ2v) is 7.72. The van der Waals surface area contributed by atoms with Gasteiger partial charge in [0.1, 0.15) is 17.6 Å². The van der Waals surface area contributed by atoms with Gasteiger partial charge in [-0.05, 0) is 42.7 Å². The molecule has 166 valence electrons. The number of methoxy groups -OCH3 is 1. The summed E-state index contributed by atoms with van der Waals surface area (Å²) in [5, 5.41) is 0. The van der Waals surface area contributed by atoms with Crippen molar-refractivity contribution in [2.45, 2.75) is 31.7 Å². The standard InChI is InChI=1S/C27H28N2O2.BrH/c1-31-24-18-16-23(17-19-24)29(25-15-9-4-10-20-28-25)26(21-11-5-2-6-12-21)27(30)22-13-7-3-8-14-22;/h2-3,5-8,11-14,16-19,26H,4,9-10,15,20H2,1H3;1H. The van der Waals surface area contributed by atoms with Gasteiger partial charge in [-0.15, -0.1) is 17.0 Å². The predicted octanol–water partition coefficient (Wildman–Crippen LogP) is 6.68. The van der Waals surface area contributed by atoms with Crippen LogP contribution in [0.5, 0.6) is 5.75 Å². The van der Waals surface area contributed by atoms with Gasteiger partial charge >= 0.3 is 0 Å². The molecule has 4 nitrogen and oxygen atoms in total. The number of carbonyl (C=O) groups excluding carboxylic acids is 1. The van der Waals surface area contributed by atoms with E-state index in [1.807, 2.05) is 84.9 Å². The zero-order valence-corrected chi connectivity index (χ0v) is 20.0.